The molecule has 3 aromatic carbocycles. The van der Waals surface area contributed by atoms with Crippen molar-refractivity contribution in [3.8, 4) is 11.5 Å². The third kappa shape index (κ3) is 6.08. The van der Waals surface area contributed by atoms with Crippen molar-refractivity contribution in [2.75, 3.05) is 25.1 Å². The van der Waals surface area contributed by atoms with Crippen LogP contribution in [-0.2, 0) is 21.4 Å². The molecule has 0 bridgehead atoms. The molecule has 0 fully saturated rings. The quantitative estimate of drug-likeness (QED) is 0.468. The smallest absolute Gasteiger partial charge is 0.264 e. The lowest BCUT2D eigenvalue weighted by Crippen LogP contribution is -2.35. The predicted octanol–water partition coefficient (Wildman–Crippen LogP) is 4.22. The van der Waals surface area contributed by atoms with Crippen LogP contribution in [0.1, 0.15) is 23.1 Å². The number of benzene rings is 3. The van der Waals surface area contributed by atoms with Crippen LogP contribution in [0.15, 0.2) is 71.6 Å². The predicted molar refractivity (Wildman–Crippen MR) is 133 cm³/mol. The van der Waals surface area contributed by atoms with Gasteiger partial charge in [-0.2, -0.15) is 0 Å². The normalized spacial score (nSPS) is 11.1. The molecule has 0 aromatic heterocycles. The fourth-order valence-corrected chi connectivity index (χ4v) is 4.88. The van der Waals surface area contributed by atoms with Gasteiger partial charge in [0.2, 0.25) is 5.91 Å². The second-order valence-electron chi connectivity index (χ2n) is 7.94. The summed E-state index contributed by atoms with van der Waals surface area (Å²) < 4.78 is 38.7. The molecule has 0 spiro atoms. The van der Waals surface area contributed by atoms with Gasteiger partial charge in [-0.15, -0.1) is 0 Å². The standard InChI is InChI=1S/C26H30N2O5S/c1-19-5-10-22(11-6-19)28(34(30,31)23-12-7-20(2)8-13-23)16-15-26(29)27-18-21-9-14-24(32-3)25(17-21)33-4/h5-14,17H,15-16,18H2,1-4H3,(H,27,29). The maximum absolute atomic E-state index is 13.4. The third-order valence-electron chi connectivity index (χ3n) is 5.41. The van der Waals surface area contributed by atoms with Crippen LogP contribution >= 0.6 is 0 Å². The van der Waals surface area contributed by atoms with Crippen LogP contribution in [-0.4, -0.2) is 35.1 Å². The van der Waals surface area contributed by atoms with Gasteiger partial charge < -0.3 is 14.8 Å². The average molecular weight is 483 g/mol. The van der Waals surface area contributed by atoms with Gasteiger partial charge in [-0.05, 0) is 55.8 Å². The van der Waals surface area contributed by atoms with Gasteiger partial charge in [0.1, 0.15) is 0 Å². The number of hydrogen-bond acceptors (Lipinski definition) is 5. The summed E-state index contributed by atoms with van der Waals surface area (Å²) in [5, 5.41) is 2.85. The van der Waals surface area contributed by atoms with E-state index in [-0.39, 0.29) is 30.3 Å². The van der Waals surface area contributed by atoms with E-state index in [2.05, 4.69) is 5.32 Å². The number of aryl methyl sites for hydroxylation is 2. The molecule has 34 heavy (non-hydrogen) atoms. The van der Waals surface area contributed by atoms with Crippen molar-refractivity contribution in [1.82, 2.24) is 5.32 Å². The number of nitrogens with one attached hydrogen (secondary N) is 1. The van der Waals surface area contributed by atoms with E-state index in [9.17, 15) is 13.2 Å². The molecule has 3 rings (SSSR count). The molecule has 8 heteroatoms. The molecule has 0 heterocycles. The van der Waals surface area contributed by atoms with Crippen LogP contribution in [0, 0.1) is 13.8 Å². The van der Waals surface area contributed by atoms with E-state index < -0.39 is 10.0 Å². The molecular weight excluding hydrogens is 452 g/mol. The van der Waals surface area contributed by atoms with Gasteiger partial charge in [-0.1, -0.05) is 41.5 Å². The number of methoxy groups -OCH3 is 2. The molecule has 0 aliphatic rings. The summed E-state index contributed by atoms with van der Waals surface area (Å²) in [6, 6.07) is 19.3. The van der Waals surface area contributed by atoms with E-state index in [0.717, 1.165) is 16.7 Å². The molecule has 0 unspecified atom stereocenters. The highest BCUT2D eigenvalue weighted by molar-refractivity contribution is 7.92. The van der Waals surface area contributed by atoms with Gasteiger partial charge in [-0.25, -0.2) is 8.42 Å². The Morgan fingerprint density at radius 3 is 2.03 bits per heavy atom. The van der Waals surface area contributed by atoms with E-state index in [0.29, 0.717) is 17.2 Å². The van der Waals surface area contributed by atoms with Crippen LogP contribution in [0.25, 0.3) is 0 Å². The Kier molecular flexibility index (Phi) is 8.17. The van der Waals surface area contributed by atoms with Gasteiger partial charge in [-0.3, -0.25) is 9.10 Å². The molecule has 0 saturated carbocycles. The lowest BCUT2D eigenvalue weighted by Gasteiger charge is -2.24. The lowest BCUT2D eigenvalue weighted by atomic mass is 10.2. The van der Waals surface area contributed by atoms with Crippen LogP contribution in [0.5, 0.6) is 11.5 Å². The molecule has 0 aliphatic carbocycles. The Bertz CT molecular complexity index is 1220. The number of anilines is 1. The van der Waals surface area contributed by atoms with Crippen molar-refractivity contribution in [2.45, 2.75) is 31.7 Å². The number of carbonyl (C=O) groups is 1. The topological polar surface area (TPSA) is 84.9 Å². The number of hydrogen-bond donors (Lipinski definition) is 1. The number of amides is 1. The lowest BCUT2D eigenvalue weighted by molar-refractivity contribution is -0.121. The summed E-state index contributed by atoms with van der Waals surface area (Å²) >= 11 is 0. The van der Waals surface area contributed by atoms with Crippen LogP contribution in [0.4, 0.5) is 5.69 Å². The van der Waals surface area contributed by atoms with Crippen molar-refractivity contribution >= 4 is 21.6 Å². The Morgan fingerprint density at radius 1 is 0.853 bits per heavy atom. The minimum Gasteiger partial charge on any atom is -0.493 e. The van der Waals surface area contributed by atoms with E-state index in [1.165, 1.54) is 4.31 Å². The summed E-state index contributed by atoms with van der Waals surface area (Å²) in [5.41, 5.74) is 3.34. The first kappa shape index (κ1) is 25.1. The van der Waals surface area contributed by atoms with Gasteiger partial charge in [0.25, 0.3) is 10.0 Å². The Balaban J connectivity index is 1.73. The Labute approximate surface area is 201 Å². The zero-order valence-electron chi connectivity index (χ0n) is 19.9. The fraction of sp³-hybridized carbons (Fsp3) is 0.269. The van der Waals surface area contributed by atoms with E-state index in [1.54, 1.807) is 62.8 Å². The highest BCUT2D eigenvalue weighted by Crippen LogP contribution is 2.28. The second-order valence-corrected chi connectivity index (χ2v) is 9.80. The number of nitrogens with zero attached hydrogens (tertiary/aromatic N) is 1. The minimum atomic E-state index is -3.84. The number of sulfonamides is 1. The second kappa shape index (κ2) is 11.1. The van der Waals surface area contributed by atoms with Crippen molar-refractivity contribution in [1.29, 1.82) is 0 Å². The van der Waals surface area contributed by atoms with Gasteiger partial charge in [0.05, 0.1) is 24.8 Å². The first-order chi connectivity index (χ1) is 16.2. The molecule has 0 radical (unpaired) electrons. The summed E-state index contributed by atoms with van der Waals surface area (Å²) in [6.07, 6.45) is 0.00621. The van der Waals surface area contributed by atoms with Gasteiger partial charge in [0.15, 0.2) is 11.5 Å². The zero-order valence-corrected chi connectivity index (χ0v) is 20.7. The summed E-state index contributed by atoms with van der Waals surface area (Å²) in [7, 11) is -0.731. The maximum atomic E-state index is 13.4. The zero-order chi connectivity index (χ0) is 24.7. The Hall–Kier alpha value is -3.52. The molecule has 0 aliphatic heterocycles. The van der Waals surface area contributed by atoms with Crippen LogP contribution in [0.2, 0.25) is 0 Å². The summed E-state index contributed by atoms with van der Waals surface area (Å²) in [4.78, 5) is 12.8. The average Bonchev–Trinajstić information content (AvgIpc) is 2.83. The van der Waals surface area contributed by atoms with Crippen molar-refractivity contribution in [3.63, 3.8) is 0 Å². The fourth-order valence-electron chi connectivity index (χ4n) is 3.42. The molecule has 1 amide bonds. The Morgan fingerprint density at radius 2 is 1.44 bits per heavy atom. The first-order valence-electron chi connectivity index (χ1n) is 10.9. The van der Waals surface area contributed by atoms with Crippen molar-refractivity contribution in [3.05, 3.63) is 83.4 Å². The molecule has 3 aromatic rings. The van der Waals surface area contributed by atoms with Crippen molar-refractivity contribution in [2.24, 2.45) is 0 Å². The number of carbonyl (C=O) groups excluding carboxylic acids is 1. The largest absolute Gasteiger partial charge is 0.493 e. The minimum absolute atomic E-state index is 0.00621. The highest BCUT2D eigenvalue weighted by Gasteiger charge is 2.25. The van der Waals surface area contributed by atoms with Gasteiger partial charge >= 0.3 is 0 Å². The summed E-state index contributed by atoms with van der Waals surface area (Å²) in [5.74, 6) is 0.919. The number of rotatable bonds is 10. The first-order valence-corrected chi connectivity index (χ1v) is 12.3. The molecule has 0 atom stereocenters. The molecule has 0 saturated heterocycles. The SMILES string of the molecule is COc1ccc(CNC(=O)CCN(c2ccc(C)cc2)S(=O)(=O)c2ccc(C)cc2)cc1OC. The highest BCUT2D eigenvalue weighted by atomic mass is 32.2. The molecule has 180 valence electrons. The molecular formula is C26H30N2O5S. The van der Waals surface area contributed by atoms with Crippen molar-refractivity contribution < 1.29 is 22.7 Å². The van der Waals surface area contributed by atoms with Gasteiger partial charge in [0, 0.05) is 19.5 Å². The molecule has 7 nitrogen and oxygen atoms in total. The van der Waals surface area contributed by atoms with Crippen LogP contribution < -0.4 is 19.1 Å². The third-order valence-corrected chi connectivity index (χ3v) is 7.25. The molecule has 1 N–H and O–H groups in total. The van der Waals surface area contributed by atoms with E-state index in [1.807, 2.05) is 32.0 Å². The van der Waals surface area contributed by atoms with Crippen LogP contribution in [0.3, 0.4) is 0 Å². The maximum Gasteiger partial charge on any atom is 0.264 e. The monoisotopic (exact) mass is 482 g/mol. The summed E-state index contributed by atoms with van der Waals surface area (Å²) in [6.45, 7) is 4.13. The van der Waals surface area contributed by atoms with E-state index >= 15 is 0 Å². The van der Waals surface area contributed by atoms with E-state index in [4.69, 9.17) is 9.47 Å². The number of ether oxygens (including phenoxy) is 2.